The second-order valence-electron chi connectivity index (χ2n) is 3.50. The Labute approximate surface area is 90.7 Å². The first kappa shape index (κ1) is 13.7. The van der Waals surface area contributed by atoms with Gasteiger partial charge in [0.2, 0.25) is 11.9 Å². The van der Waals surface area contributed by atoms with Gasteiger partial charge in [-0.05, 0) is 27.7 Å². The summed E-state index contributed by atoms with van der Waals surface area (Å²) >= 11 is 0. The number of carbonyl (C=O) groups is 1. The summed E-state index contributed by atoms with van der Waals surface area (Å²) in [6, 6.07) is -0.243. The van der Waals surface area contributed by atoms with Gasteiger partial charge in [0.1, 0.15) is 6.04 Å². The molecule has 0 fully saturated rings. The van der Waals surface area contributed by atoms with Crippen molar-refractivity contribution in [1.29, 1.82) is 0 Å². The Bertz CT molecular complexity index is 227. The first-order chi connectivity index (χ1) is 7.01. The largest absolute Gasteiger partial charge is 0.352 e. The average molecular weight is 215 g/mol. The van der Waals surface area contributed by atoms with Crippen LogP contribution in [0, 0.1) is 0 Å². The zero-order chi connectivity index (χ0) is 11.8. The Balaban J connectivity index is 4.16. The molecule has 1 amide bonds. The molecule has 15 heavy (non-hydrogen) atoms. The molecule has 0 aliphatic rings. The number of hydrazine groups is 1. The van der Waals surface area contributed by atoms with Crippen molar-refractivity contribution < 1.29 is 4.79 Å². The van der Waals surface area contributed by atoms with Crippen LogP contribution in [-0.2, 0) is 4.79 Å². The fraction of sp³-hybridized carbons (Fsp3) is 0.778. The van der Waals surface area contributed by atoms with Gasteiger partial charge in [-0.15, -0.1) is 0 Å². The first-order valence-electron chi connectivity index (χ1n) is 5.09. The average Bonchev–Trinajstić information content (AvgIpc) is 2.15. The fourth-order valence-corrected chi connectivity index (χ4v) is 0.971. The minimum atomic E-state index is -0.367. The number of nitrogens with two attached hydrogens (primary N) is 1. The summed E-state index contributed by atoms with van der Waals surface area (Å²) in [7, 11) is 0. The van der Waals surface area contributed by atoms with E-state index in [1.54, 1.807) is 6.92 Å². The van der Waals surface area contributed by atoms with Crippen LogP contribution in [0.4, 0.5) is 0 Å². The molecule has 0 aliphatic heterocycles. The van der Waals surface area contributed by atoms with E-state index in [0.29, 0.717) is 12.5 Å². The summed E-state index contributed by atoms with van der Waals surface area (Å²) in [5, 5.41) is 5.66. The highest BCUT2D eigenvalue weighted by Crippen LogP contribution is 1.85. The van der Waals surface area contributed by atoms with Crippen LogP contribution in [0.2, 0.25) is 0 Å². The maximum absolute atomic E-state index is 11.5. The van der Waals surface area contributed by atoms with Crippen molar-refractivity contribution in [3.05, 3.63) is 0 Å². The lowest BCUT2D eigenvalue weighted by atomic mass is 10.3. The Morgan fingerprint density at radius 2 is 1.93 bits per heavy atom. The van der Waals surface area contributed by atoms with Gasteiger partial charge in [0, 0.05) is 12.6 Å². The molecule has 0 saturated carbocycles. The molecule has 88 valence electrons. The third-order valence-electron chi connectivity index (χ3n) is 1.63. The number of nitrogens with zero attached hydrogens (tertiary/aromatic N) is 1. The number of hydrogen-bond acceptors (Lipinski definition) is 3. The van der Waals surface area contributed by atoms with Crippen molar-refractivity contribution in [1.82, 2.24) is 16.1 Å². The second-order valence-corrected chi connectivity index (χ2v) is 3.50. The number of rotatable bonds is 4. The van der Waals surface area contributed by atoms with Gasteiger partial charge in [-0.2, -0.15) is 0 Å². The smallest absolute Gasteiger partial charge is 0.242 e. The Hall–Kier alpha value is -1.30. The number of nitrogens with one attached hydrogen (secondary N) is 3. The van der Waals surface area contributed by atoms with E-state index < -0.39 is 0 Å². The summed E-state index contributed by atoms with van der Waals surface area (Å²) < 4.78 is 0. The van der Waals surface area contributed by atoms with Crippen molar-refractivity contribution in [3.63, 3.8) is 0 Å². The summed E-state index contributed by atoms with van der Waals surface area (Å²) in [5.41, 5.74) is 2.40. The van der Waals surface area contributed by atoms with E-state index in [2.05, 4.69) is 21.1 Å². The van der Waals surface area contributed by atoms with Gasteiger partial charge in [-0.3, -0.25) is 15.2 Å². The minimum absolute atomic E-state index is 0.0796. The predicted octanol–water partition coefficient (Wildman–Crippen LogP) is -0.672. The molecule has 0 aromatic rings. The number of guanidine groups is 1. The third-order valence-corrected chi connectivity index (χ3v) is 1.63. The number of amides is 1. The summed E-state index contributed by atoms with van der Waals surface area (Å²) in [5.74, 6) is 5.57. The molecule has 6 heteroatoms. The highest BCUT2D eigenvalue weighted by molar-refractivity contribution is 5.88. The number of hydrogen-bond donors (Lipinski definition) is 4. The van der Waals surface area contributed by atoms with Gasteiger partial charge in [-0.1, -0.05) is 0 Å². The van der Waals surface area contributed by atoms with Crippen LogP contribution in [0.1, 0.15) is 27.7 Å². The highest BCUT2D eigenvalue weighted by Gasteiger charge is 2.14. The van der Waals surface area contributed by atoms with Gasteiger partial charge in [0.15, 0.2) is 0 Å². The molecule has 0 bridgehead atoms. The summed E-state index contributed by atoms with van der Waals surface area (Å²) in [6.45, 7) is 8.06. The second kappa shape index (κ2) is 7.05. The lowest BCUT2D eigenvalue weighted by Gasteiger charge is -2.17. The molecule has 0 aromatic carbocycles. The van der Waals surface area contributed by atoms with Crippen molar-refractivity contribution in [2.45, 2.75) is 39.8 Å². The van der Waals surface area contributed by atoms with Crippen LogP contribution >= 0.6 is 0 Å². The normalized spacial score (nSPS) is 13.6. The summed E-state index contributed by atoms with van der Waals surface area (Å²) in [4.78, 5) is 15.5. The topological polar surface area (TPSA) is 91.5 Å². The highest BCUT2D eigenvalue weighted by atomic mass is 16.2. The molecule has 0 heterocycles. The molecule has 1 atom stereocenters. The maximum atomic E-state index is 11.5. The van der Waals surface area contributed by atoms with E-state index in [4.69, 9.17) is 5.84 Å². The molecule has 1 unspecified atom stereocenters. The molecule has 0 spiro atoms. The van der Waals surface area contributed by atoms with Crippen molar-refractivity contribution in [3.8, 4) is 0 Å². The predicted molar refractivity (Wildman–Crippen MR) is 61.2 cm³/mol. The van der Waals surface area contributed by atoms with Gasteiger partial charge in [-0.25, -0.2) is 5.84 Å². The molecule has 0 aromatic heterocycles. The van der Waals surface area contributed by atoms with E-state index in [0.717, 1.165) is 0 Å². The van der Waals surface area contributed by atoms with Gasteiger partial charge in [0.05, 0.1) is 0 Å². The quantitative estimate of drug-likeness (QED) is 0.217. The van der Waals surface area contributed by atoms with Gasteiger partial charge < -0.3 is 10.6 Å². The van der Waals surface area contributed by atoms with Crippen LogP contribution in [0.3, 0.4) is 0 Å². The van der Waals surface area contributed by atoms with E-state index in [1.165, 1.54) is 0 Å². The SMILES string of the molecule is CCN=C(NN)NC(C)C(=O)NC(C)C. The molecule has 0 rings (SSSR count). The minimum Gasteiger partial charge on any atom is -0.352 e. The maximum Gasteiger partial charge on any atom is 0.242 e. The molecule has 0 radical (unpaired) electrons. The van der Waals surface area contributed by atoms with E-state index in [-0.39, 0.29) is 18.0 Å². The molecule has 0 aliphatic carbocycles. The Kier molecular flexibility index (Phi) is 6.44. The molecule has 5 N–H and O–H groups in total. The van der Waals surface area contributed by atoms with Gasteiger partial charge >= 0.3 is 0 Å². The lowest BCUT2D eigenvalue weighted by molar-refractivity contribution is -0.122. The molecular formula is C9H21N5O. The van der Waals surface area contributed by atoms with Crippen LogP contribution in [0.15, 0.2) is 4.99 Å². The fourth-order valence-electron chi connectivity index (χ4n) is 0.971. The zero-order valence-electron chi connectivity index (χ0n) is 9.79. The standard InChI is InChI=1S/C9H21N5O/c1-5-11-9(14-10)13-7(4)8(15)12-6(2)3/h6-7H,5,10H2,1-4H3,(H,12,15)(H2,11,13,14). The monoisotopic (exact) mass is 215 g/mol. The van der Waals surface area contributed by atoms with Crippen LogP contribution < -0.4 is 21.9 Å². The lowest BCUT2D eigenvalue weighted by Crippen LogP contribution is -2.52. The number of aliphatic imine (C=N–C) groups is 1. The van der Waals surface area contributed by atoms with Crippen molar-refractivity contribution in [2.24, 2.45) is 10.8 Å². The van der Waals surface area contributed by atoms with Crippen LogP contribution in [0.25, 0.3) is 0 Å². The molecular weight excluding hydrogens is 194 g/mol. The van der Waals surface area contributed by atoms with E-state index in [1.807, 2.05) is 20.8 Å². The van der Waals surface area contributed by atoms with Crippen LogP contribution in [-0.4, -0.2) is 30.5 Å². The van der Waals surface area contributed by atoms with E-state index in [9.17, 15) is 4.79 Å². The summed E-state index contributed by atoms with van der Waals surface area (Å²) in [6.07, 6.45) is 0. The number of carbonyl (C=O) groups excluding carboxylic acids is 1. The van der Waals surface area contributed by atoms with Crippen molar-refractivity contribution >= 4 is 11.9 Å². The third kappa shape index (κ3) is 5.90. The zero-order valence-corrected chi connectivity index (χ0v) is 9.79. The van der Waals surface area contributed by atoms with Crippen LogP contribution in [0.5, 0.6) is 0 Å². The Morgan fingerprint density at radius 3 is 2.33 bits per heavy atom. The van der Waals surface area contributed by atoms with E-state index >= 15 is 0 Å². The van der Waals surface area contributed by atoms with Gasteiger partial charge in [0.25, 0.3) is 0 Å². The molecule has 6 nitrogen and oxygen atoms in total. The Morgan fingerprint density at radius 1 is 1.33 bits per heavy atom. The first-order valence-corrected chi connectivity index (χ1v) is 5.09. The molecule has 0 saturated heterocycles. The van der Waals surface area contributed by atoms with Crippen molar-refractivity contribution in [2.75, 3.05) is 6.54 Å².